The van der Waals surface area contributed by atoms with E-state index in [9.17, 15) is 4.79 Å². The highest BCUT2D eigenvalue weighted by Crippen LogP contribution is 2.13. The van der Waals surface area contributed by atoms with Gasteiger partial charge in [-0.05, 0) is 44.1 Å². The van der Waals surface area contributed by atoms with Crippen LogP contribution in [-0.2, 0) is 9.53 Å². The molecule has 0 saturated carbocycles. The average Bonchev–Trinajstić information content (AvgIpc) is 2.35. The molecule has 2 atom stereocenters. The highest BCUT2D eigenvalue weighted by atomic mass is 16.5. The van der Waals surface area contributed by atoms with Crippen molar-refractivity contribution in [2.45, 2.75) is 39.0 Å². The summed E-state index contributed by atoms with van der Waals surface area (Å²) < 4.78 is 5.38. The summed E-state index contributed by atoms with van der Waals surface area (Å²) in [5.41, 5.74) is 5.48. The van der Waals surface area contributed by atoms with E-state index in [0.29, 0.717) is 24.8 Å². The summed E-state index contributed by atoms with van der Waals surface area (Å²) in [5.74, 6) is 1.22. The lowest BCUT2D eigenvalue weighted by Gasteiger charge is -2.22. The Morgan fingerprint density at radius 3 is 3.00 bits per heavy atom. The van der Waals surface area contributed by atoms with Crippen molar-refractivity contribution in [1.82, 2.24) is 5.32 Å². The molecule has 4 heteroatoms. The molecule has 0 aromatic carbocycles. The Balaban J connectivity index is 2.04. The second-order valence-electron chi connectivity index (χ2n) is 5.11. The van der Waals surface area contributed by atoms with Gasteiger partial charge in [0, 0.05) is 19.6 Å². The van der Waals surface area contributed by atoms with E-state index in [-0.39, 0.29) is 5.91 Å². The lowest BCUT2D eigenvalue weighted by molar-refractivity contribution is -0.121. The largest absolute Gasteiger partial charge is 0.381 e. The molecule has 1 rings (SSSR count). The minimum absolute atomic E-state index is 0.166. The number of nitrogens with two attached hydrogens (primary N) is 1. The van der Waals surface area contributed by atoms with E-state index in [4.69, 9.17) is 10.5 Å². The third kappa shape index (κ3) is 6.64. The van der Waals surface area contributed by atoms with Gasteiger partial charge in [-0.3, -0.25) is 4.79 Å². The smallest absolute Gasteiger partial charge is 0.220 e. The third-order valence-electron chi connectivity index (χ3n) is 3.37. The first-order valence-corrected chi connectivity index (χ1v) is 6.77. The van der Waals surface area contributed by atoms with Gasteiger partial charge in [-0.15, -0.1) is 0 Å². The van der Waals surface area contributed by atoms with E-state index in [1.807, 2.05) is 0 Å². The summed E-state index contributed by atoms with van der Waals surface area (Å²) in [6.45, 7) is 5.30. The molecule has 0 aliphatic carbocycles. The highest BCUT2D eigenvalue weighted by molar-refractivity contribution is 5.75. The van der Waals surface area contributed by atoms with Crippen LogP contribution in [0.2, 0.25) is 0 Å². The monoisotopic (exact) mass is 242 g/mol. The lowest BCUT2D eigenvalue weighted by Crippen LogP contribution is -2.33. The van der Waals surface area contributed by atoms with Gasteiger partial charge in [0.1, 0.15) is 0 Å². The summed E-state index contributed by atoms with van der Waals surface area (Å²) in [6.07, 6.45) is 4.85. The molecule has 100 valence electrons. The molecular formula is C13H26N2O2. The van der Waals surface area contributed by atoms with E-state index in [1.165, 1.54) is 6.42 Å². The Labute approximate surface area is 104 Å². The van der Waals surface area contributed by atoms with Crippen LogP contribution in [0, 0.1) is 11.8 Å². The number of hydrogen-bond acceptors (Lipinski definition) is 3. The molecule has 3 N–H and O–H groups in total. The molecule has 17 heavy (non-hydrogen) atoms. The van der Waals surface area contributed by atoms with Crippen LogP contribution in [0.1, 0.15) is 39.0 Å². The predicted octanol–water partition coefficient (Wildman–Crippen LogP) is 1.29. The van der Waals surface area contributed by atoms with Crippen LogP contribution in [0.3, 0.4) is 0 Å². The van der Waals surface area contributed by atoms with Crippen LogP contribution in [0.25, 0.3) is 0 Å². The second-order valence-corrected chi connectivity index (χ2v) is 5.11. The second kappa shape index (κ2) is 8.48. The van der Waals surface area contributed by atoms with Gasteiger partial charge in [-0.2, -0.15) is 0 Å². The van der Waals surface area contributed by atoms with E-state index < -0.39 is 0 Å². The van der Waals surface area contributed by atoms with Gasteiger partial charge < -0.3 is 15.8 Å². The molecule has 1 amide bonds. The summed E-state index contributed by atoms with van der Waals surface area (Å²) in [6, 6.07) is 0. The van der Waals surface area contributed by atoms with Crippen molar-refractivity contribution in [1.29, 1.82) is 0 Å². The quantitative estimate of drug-likeness (QED) is 0.707. The van der Waals surface area contributed by atoms with Crippen molar-refractivity contribution in [3.05, 3.63) is 0 Å². The molecule has 0 bridgehead atoms. The maximum Gasteiger partial charge on any atom is 0.220 e. The summed E-state index contributed by atoms with van der Waals surface area (Å²) in [7, 11) is 0. The first-order chi connectivity index (χ1) is 8.22. The van der Waals surface area contributed by atoms with Crippen LogP contribution in [0.15, 0.2) is 0 Å². The number of carbonyl (C=O) groups excluding carboxylic acids is 1. The summed E-state index contributed by atoms with van der Waals surface area (Å²) in [4.78, 5) is 11.6. The summed E-state index contributed by atoms with van der Waals surface area (Å²) in [5, 5.41) is 3.00. The molecule has 1 fully saturated rings. The van der Waals surface area contributed by atoms with Gasteiger partial charge in [0.15, 0.2) is 0 Å². The van der Waals surface area contributed by atoms with E-state index in [1.54, 1.807) is 0 Å². The zero-order chi connectivity index (χ0) is 12.5. The first kappa shape index (κ1) is 14.5. The van der Waals surface area contributed by atoms with Gasteiger partial charge in [-0.25, -0.2) is 0 Å². The SMILES string of the molecule is CC(CCN)CCC(=O)NCC1CCCOC1. The molecular weight excluding hydrogens is 216 g/mol. The van der Waals surface area contributed by atoms with Gasteiger partial charge >= 0.3 is 0 Å². The molecule has 0 spiro atoms. The number of nitrogens with one attached hydrogen (secondary N) is 1. The number of ether oxygens (including phenoxy) is 1. The first-order valence-electron chi connectivity index (χ1n) is 6.77. The van der Waals surface area contributed by atoms with Crippen molar-refractivity contribution in [2.24, 2.45) is 17.6 Å². The van der Waals surface area contributed by atoms with Gasteiger partial charge in [0.05, 0.1) is 6.61 Å². The van der Waals surface area contributed by atoms with Crippen molar-refractivity contribution in [3.8, 4) is 0 Å². The molecule has 0 aromatic heterocycles. The fraction of sp³-hybridized carbons (Fsp3) is 0.923. The normalized spacial score (nSPS) is 22.1. The molecule has 1 aliphatic rings. The zero-order valence-electron chi connectivity index (χ0n) is 10.9. The zero-order valence-corrected chi connectivity index (χ0v) is 10.9. The summed E-state index contributed by atoms with van der Waals surface area (Å²) >= 11 is 0. The van der Waals surface area contributed by atoms with E-state index in [2.05, 4.69) is 12.2 Å². The van der Waals surface area contributed by atoms with Crippen molar-refractivity contribution >= 4 is 5.91 Å². The number of carbonyl (C=O) groups is 1. The van der Waals surface area contributed by atoms with Crippen LogP contribution in [-0.4, -0.2) is 32.2 Å². The Kier molecular flexibility index (Phi) is 7.21. The molecule has 1 saturated heterocycles. The molecule has 1 heterocycles. The Morgan fingerprint density at radius 2 is 2.35 bits per heavy atom. The number of hydrogen-bond donors (Lipinski definition) is 2. The van der Waals surface area contributed by atoms with Crippen molar-refractivity contribution in [3.63, 3.8) is 0 Å². The molecule has 0 radical (unpaired) electrons. The van der Waals surface area contributed by atoms with Crippen LogP contribution in [0.5, 0.6) is 0 Å². The van der Waals surface area contributed by atoms with Crippen molar-refractivity contribution in [2.75, 3.05) is 26.3 Å². The lowest BCUT2D eigenvalue weighted by atomic mass is 10.0. The molecule has 0 aromatic rings. The Bertz CT molecular complexity index is 215. The maximum atomic E-state index is 11.6. The van der Waals surface area contributed by atoms with Crippen LogP contribution >= 0.6 is 0 Å². The maximum absolute atomic E-state index is 11.6. The molecule has 4 nitrogen and oxygen atoms in total. The predicted molar refractivity (Wildman–Crippen MR) is 68.6 cm³/mol. The standard InChI is InChI=1S/C13H26N2O2/c1-11(6-7-14)4-5-13(16)15-9-12-3-2-8-17-10-12/h11-12H,2-10,14H2,1H3,(H,15,16). The molecule has 1 aliphatic heterocycles. The number of rotatable bonds is 7. The van der Waals surface area contributed by atoms with Crippen molar-refractivity contribution < 1.29 is 9.53 Å². The van der Waals surface area contributed by atoms with E-state index >= 15 is 0 Å². The highest BCUT2D eigenvalue weighted by Gasteiger charge is 2.14. The fourth-order valence-corrected chi connectivity index (χ4v) is 2.12. The number of amides is 1. The van der Waals surface area contributed by atoms with Gasteiger partial charge in [0.25, 0.3) is 0 Å². The third-order valence-corrected chi connectivity index (χ3v) is 3.37. The van der Waals surface area contributed by atoms with Crippen LogP contribution < -0.4 is 11.1 Å². The molecule has 2 unspecified atom stereocenters. The van der Waals surface area contributed by atoms with Crippen LogP contribution in [0.4, 0.5) is 0 Å². The van der Waals surface area contributed by atoms with E-state index in [0.717, 1.165) is 39.0 Å². The minimum Gasteiger partial charge on any atom is -0.381 e. The average molecular weight is 242 g/mol. The van der Waals surface area contributed by atoms with Gasteiger partial charge in [0.2, 0.25) is 5.91 Å². The Hall–Kier alpha value is -0.610. The fourth-order valence-electron chi connectivity index (χ4n) is 2.12. The topological polar surface area (TPSA) is 64.4 Å². The minimum atomic E-state index is 0.166. The Morgan fingerprint density at radius 1 is 1.53 bits per heavy atom. The van der Waals surface area contributed by atoms with Gasteiger partial charge in [-0.1, -0.05) is 6.92 Å².